The quantitative estimate of drug-likeness (QED) is 0.658. The van der Waals surface area contributed by atoms with Crippen LogP contribution in [-0.2, 0) is 6.54 Å². The molecule has 20 heavy (non-hydrogen) atoms. The molecule has 1 heterocycles. The van der Waals surface area contributed by atoms with Crippen molar-refractivity contribution in [3.8, 4) is 0 Å². The lowest BCUT2D eigenvalue weighted by Gasteiger charge is -2.10. The Hall–Kier alpha value is -1.85. The van der Waals surface area contributed by atoms with Gasteiger partial charge in [0.25, 0.3) is 0 Å². The van der Waals surface area contributed by atoms with E-state index in [2.05, 4.69) is 22.3 Å². The third-order valence-electron chi connectivity index (χ3n) is 2.54. The minimum Gasteiger partial charge on any atom is -0.359 e. The van der Waals surface area contributed by atoms with Gasteiger partial charge in [-0.15, -0.1) is 6.58 Å². The van der Waals surface area contributed by atoms with E-state index in [4.69, 9.17) is 23.8 Å². The van der Waals surface area contributed by atoms with Gasteiger partial charge in [-0.2, -0.15) is 5.10 Å². The molecule has 2 N–H and O–H groups in total. The lowest BCUT2D eigenvalue weighted by atomic mass is 10.2. The molecule has 0 saturated heterocycles. The zero-order chi connectivity index (χ0) is 14.4. The highest BCUT2D eigenvalue weighted by Gasteiger charge is 2.01. The van der Waals surface area contributed by atoms with E-state index in [1.54, 1.807) is 23.2 Å². The third kappa shape index (κ3) is 4.36. The molecule has 0 radical (unpaired) electrons. The molecular weight excluding hydrogens is 292 g/mol. The molecule has 0 unspecified atom stereocenters. The number of nitrogens with one attached hydrogen (secondary N) is 2. The highest BCUT2D eigenvalue weighted by Crippen LogP contribution is 2.13. The predicted molar refractivity (Wildman–Crippen MR) is 87.2 cm³/mol. The summed E-state index contributed by atoms with van der Waals surface area (Å²) in [5.41, 5.74) is 2.05. The van der Waals surface area contributed by atoms with Gasteiger partial charge in [0, 0.05) is 18.4 Å². The Morgan fingerprint density at radius 2 is 2.35 bits per heavy atom. The molecule has 4 nitrogen and oxygen atoms in total. The highest BCUT2D eigenvalue weighted by molar-refractivity contribution is 7.80. The van der Waals surface area contributed by atoms with Crippen molar-refractivity contribution >= 4 is 34.6 Å². The maximum atomic E-state index is 5.85. The molecule has 1 aromatic carbocycles. The lowest BCUT2D eigenvalue weighted by molar-refractivity contribution is 0.687. The van der Waals surface area contributed by atoms with Gasteiger partial charge in [-0.05, 0) is 29.9 Å². The molecule has 0 amide bonds. The first-order valence-electron chi connectivity index (χ1n) is 6.10. The van der Waals surface area contributed by atoms with Crippen LogP contribution in [0.25, 0.3) is 0 Å². The average Bonchev–Trinajstić information content (AvgIpc) is 2.82. The minimum absolute atomic E-state index is 0.573. The molecule has 0 fully saturated rings. The van der Waals surface area contributed by atoms with Gasteiger partial charge in [-0.3, -0.25) is 4.68 Å². The van der Waals surface area contributed by atoms with Crippen LogP contribution >= 0.6 is 23.8 Å². The summed E-state index contributed by atoms with van der Waals surface area (Å²) in [4.78, 5) is 0. The summed E-state index contributed by atoms with van der Waals surface area (Å²) in [5.74, 6) is 0. The average molecular weight is 307 g/mol. The van der Waals surface area contributed by atoms with Crippen molar-refractivity contribution in [3.05, 3.63) is 59.9 Å². The van der Waals surface area contributed by atoms with Gasteiger partial charge in [-0.25, -0.2) is 0 Å². The van der Waals surface area contributed by atoms with Crippen molar-refractivity contribution in [1.29, 1.82) is 0 Å². The van der Waals surface area contributed by atoms with Crippen molar-refractivity contribution in [2.24, 2.45) is 0 Å². The van der Waals surface area contributed by atoms with Gasteiger partial charge < -0.3 is 10.6 Å². The fourth-order valence-corrected chi connectivity index (χ4v) is 2.06. The zero-order valence-electron chi connectivity index (χ0n) is 10.8. The van der Waals surface area contributed by atoms with E-state index in [0.29, 0.717) is 23.2 Å². The van der Waals surface area contributed by atoms with Crippen molar-refractivity contribution in [1.82, 2.24) is 15.1 Å². The van der Waals surface area contributed by atoms with Crippen LogP contribution in [0.15, 0.2) is 49.3 Å². The molecule has 0 spiro atoms. The highest BCUT2D eigenvalue weighted by atomic mass is 35.5. The topological polar surface area (TPSA) is 41.9 Å². The van der Waals surface area contributed by atoms with Crippen LogP contribution in [0.4, 0.5) is 5.69 Å². The Morgan fingerprint density at radius 1 is 1.50 bits per heavy atom. The fourth-order valence-electron chi connectivity index (χ4n) is 1.70. The molecule has 1 aromatic heterocycles. The third-order valence-corrected chi connectivity index (χ3v) is 2.98. The lowest BCUT2D eigenvalue weighted by Crippen LogP contribution is -2.28. The number of hydrogen-bond donors (Lipinski definition) is 2. The van der Waals surface area contributed by atoms with E-state index >= 15 is 0 Å². The van der Waals surface area contributed by atoms with Crippen LogP contribution in [0.5, 0.6) is 0 Å². The summed E-state index contributed by atoms with van der Waals surface area (Å²) >= 11 is 11.0. The molecule has 2 aromatic rings. The number of anilines is 1. The standard InChI is InChI=1S/C14H15ClN4S/c1-2-6-16-14(20)18-13-5-3-4-11(7-13)9-19-10-12(15)8-17-19/h2-5,7-8,10H,1,6,9H2,(H2,16,18,20). The van der Waals surface area contributed by atoms with E-state index in [1.165, 1.54) is 0 Å². The van der Waals surface area contributed by atoms with Crippen molar-refractivity contribution in [2.75, 3.05) is 11.9 Å². The van der Waals surface area contributed by atoms with Gasteiger partial charge >= 0.3 is 0 Å². The van der Waals surface area contributed by atoms with E-state index in [9.17, 15) is 0 Å². The number of hydrogen-bond acceptors (Lipinski definition) is 2. The molecule has 0 aliphatic carbocycles. The van der Waals surface area contributed by atoms with Crippen molar-refractivity contribution in [2.45, 2.75) is 6.54 Å². The Morgan fingerprint density at radius 3 is 3.05 bits per heavy atom. The van der Waals surface area contributed by atoms with Crippen LogP contribution in [0.3, 0.4) is 0 Å². The van der Waals surface area contributed by atoms with Crippen molar-refractivity contribution in [3.63, 3.8) is 0 Å². The number of halogens is 1. The van der Waals surface area contributed by atoms with Crippen LogP contribution in [0, 0.1) is 0 Å². The van der Waals surface area contributed by atoms with Crippen LogP contribution in [0.2, 0.25) is 5.02 Å². The molecule has 0 aliphatic rings. The maximum Gasteiger partial charge on any atom is 0.171 e. The fraction of sp³-hybridized carbons (Fsp3) is 0.143. The maximum absolute atomic E-state index is 5.85. The Labute approximate surface area is 128 Å². The Bertz CT molecular complexity index is 609. The zero-order valence-corrected chi connectivity index (χ0v) is 12.4. The summed E-state index contributed by atoms with van der Waals surface area (Å²) in [6.07, 6.45) is 5.17. The van der Waals surface area contributed by atoms with Gasteiger partial charge in [0.05, 0.1) is 17.8 Å². The molecule has 104 valence electrons. The summed E-state index contributed by atoms with van der Waals surface area (Å²) in [6, 6.07) is 7.98. The molecular formula is C14H15ClN4S. The first kappa shape index (κ1) is 14.6. The number of nitrogens with zero attached hydrogens (tertiary/aromatic N) is 2. The van der Waals surface area contributed by atoms with E-state index in [-0.39, 0.29) is 0 Å². The van der Waals surface area contributed by atoms with Crippen LogP contribution < -0.4 is 10.6 Å². The summed E-state index contributed by atoms with van der Waals surface area (Å²) in [7, 11) is 0. The Kier molecular flexibility index (Phi) is 5.15. The summed E-state index contributed by atoms with van der Waals surface area (Å²) in [5, 5.41) is 11.5. The molecule has 6 heteroatoms. The summed E-state index contributed by atoms with van der Waals surface area (Å²) < 4.78 is 1.79. The van der Waals surface area contributed by atoms with Crippen molar-refractivity contribution < 1.29 is 0 Å². The largest absolute Gasteiger partial charge is 0.359 e. The van der Waals surface area contributed by atoms with Gasteiger partial charge in [-0.1, -0.05) is 29.8 Å². The van der Waals surface area contributed by atoms with Gasteiger partial charge in [0.15, 0.2) is 5.11 Å². The van der Waals surface area contributed by atoms with Gasteiger partial charge in [0.1, 0.15) is 0 Å². The summed E-state index contributed by atoms with van der Waals surface area (Å²) in [6.45, 7) is 4.93. The number of benzene rings is 1. The molecule has 0 aliphatic heterocycles. The molecule has 2 rings (SSSR count). The Balaban J connectivity index is 2.00. The second-order valence-corrected chi connectivity index (χ2v) is 5.02. The molecule has 0 bridgehead atoms. The smallest absolute Gasteiger partial charge is 0.171 e. The van der Waals surface area contributed by atoms with Crippen LogP contribution in [0.1, 0.15) is 5.56 Å². The van der Waals surface area contributed by atoms with Crippen LogP contribution in [-0.4, -0.2) is 21.4 Å². The van der Waals surface area contributed by atoms with Gasteiger partial charge in [0.2, 0.25) is 0 Å². The first-order chi connectivity index (χ1) is 9.67. The SMILES string of the molecule is C=CCNC(=S)Nc1cccc(Cn2cc(Cl)cn2)c1. The number of thiocarbonyl (C=S) groups is 1. The number of rotatable bonds is 5. The van der Waals surface area contributed by atoms with E-state index < -0.39 is 0 Å². The molecule has 0 saturated carbocycles. The first-order valence-corrected chi connectivity index (χ1v) is 6.88. The second kappa shape index (κ2) is 7.07. The van der Waals surface area contributed by atoms with E-state index in [0.717, 1.165) is 11.3 Å². The van der Waals surface area contributed by atoms with E-state index in [1.807, 2.05) is 24.3 Å². The monoisotopic (exact) mass is 306 g/mol. The minimum atomic E-state index is 0.573. The number of aromatic nitrogens is 2. The second-order valence-electron chi connectivity index (χ2n) is 4.18. The predicted octanol–water partition coefficient (Wildman–Crippen LogP) is 3.06. The normalized spacial score (nSPS) is 10.1. The molecule has 0 atom stereocenters.